The minimum absolute atomic E-state index is 0.0959. The van der Waals surface area contributed by atoms with Crippen molar-refractivity contribution in [1.82, 2.24) is 4.90 Å². The van der Waals surface area contributed by atoms with Gasteiger partial charge in [0.05, 0.1) is 6.61 Å². The summed E-state index contributed by atoms with van der Waals surface area (Å²) < 4.78 is 5.33. The fourth-order valence-corrected chi connectivity index (χ4v) is 3.16. The van der Waals surface area contributed by atoms with E-state index in [2.05, 4.69) is 6.92 Å². The Labute approximate surface area is 103 Å². The fourth-order valence-electron chi connectivity index (χ4n) is 3.16. The molecule has 2 unspecified atom stereocenters. The Morgan fingerprint density at radius 2 is 2.00 bits per heavy atom. The molecule has 2 aliphatic heterocycles. The molecule has 4 heteroatoms. The molecule has 2 N–H and O–H groups in total. The van der Waals surface area contributed by atoms with Crippen LogP contribution in [0.15, 0.2) is 0 Å². The third kappa shape index (κ3) is 2.73. The van der Waals surface area contributed by atoms with Crippen molar-refractivity contribution in [2.45, 2.75) is 57.5 Å². The predicted molar refractivity (Wildman–Crippen MR) is 66.7 cm³/mol. The fraction of sp³-hybridized carbons (Fsp3) is 0.923. The molecule has 0 spiro atoms. The van der Waals surface area contributed by atoms with E-state index in [1.54, 1.807) is 0 Å². The van der Waals surface area contributed by atoms with E-state index in [9.17, 15) is 4.79 Å². The highest BCUT2D eigenvalue weighted by atomic mass is 16.6. The quantitative estimate of drug-likeness (QED) is 0.766. The number of hydrogen-bond acceptors (Lipinski definition) is 3. The predicted octanol–water partition coefficient (Wildman–Crippen LogP) is 2.12. The third-order valence-electron chi connectivity index (χ3n) is 4.10. The lowest BCUT2D eigenvalue weighted by Crippen LogP contribution is -2.48. The van der Waals surface area contributed by atoms with Crippen LogP contribution in [0.3, 0.4) is 0 Å². The highest BCUT2D eigenvalue weighted by Gasteiger charge is 2.43. The molecule has 2 saturated heterocycles. The molecule has 98 valence electrons. The van der Waals surface area contributed by atoms with Gasteiger partial charge in [-0.2, -0.15) is 0 Å². The van der Waals surface area contributed by atoms with Gasteiger partial charge in [-0.05, 0) is 44.6 Å². The standard InChI is InChI=1S/C13H24N2O2/c1-2-3-6-17-13(16)15-11-4-5-12(15)8-10(7-11)9-14/h10-12H,2-9,14H2,1H3. The van der Waals surface area contributed by atoms with Gasteiger partial charge in [-0.1, -0.05) is 13.3 Å². The van der Waals surface area contributed by atoms with Crippen molar-refractivity contribution in [2.24, 2.45) is 11.7 Å². The Morgan fingerprint density at radius 3 is 2.53 bits per heavy atom. The number of fused-ring (bicyclic) bond motifs is 2. The van der Waals surface area contributed by atoms with Gasteiger partial charge >= 0.3 is 6.09 Å². The monoisotopic (exact) mass is 240 g/mol. The SMILES string of the molecule is CCCCOC(=O)N1C2CCC1CC(CN)C2. The minimum Gasteiger partial charge on any atom is -0.449 e. The van der Waals surface area contributed by atoms with Crippen molar-refractivity contribution in [3.8, 4) is 0 Å². The summed E-state index contributed by atoms with van der Waals surface area (Å²) >= 11 is 0. The number of hydrogen-bond donors (Lipinski definition) is 1. The number of nitrogens with zero attached hydrogens (tertiary/aromatic N) is 1. The van der Waals surface area contributed by atoms with E-state index in [0.717, 1.165) is 45.1 Å². The van der Waals surface area contributed by atoms with Gasteiger partial charge in [-0.15, -0.1) is 0 Å². The van der Waals surface area contributed by atoms with Crippen molar-refractivity contribution in [3.05, 3.63) is 0 Å². The summed E-state index contributed by atoms with van der Waals surface area (Å²) in [4.78, 5) is 14.0. The van der Waals surface area contributed by atoms with Crippen LogP contribution in [0.1, 0.15) is 45.4 Å². The van der Waals surface area contributed by atoms with Gasteiger partial charge in [0.2, 0.25) is 0 Å². The zero-order chi connectivity index (χ0) is 12.3. The van der Waals surface area contributed by atoms with Crippen LogP contribution >= 0.6 is 0 Å². The number of unbranched alkanes of at least 4 members (excludes halogenated alkanes) is 1. The Hall–Kier alpha value is -0.770. The number of amides is 1. The first-order valence-electron chi connectivity index (χ1n) is 6.91. The van der Waals surface area contributed by atoms with Crippen molar-refractivity contribution in [2.75, 3.05) is 13.2 Å². The molecular weight excluding hydrogens is 216 g/mol. The van der Waals surface area contributed by atoms with Gasteiger partial charge in [0.25, 0.3) is 0 Å². The molecule has 2 aliphatic rings. The van der Waals surface area contributed by atoms with Crippen molar-refractivity contribution >= 4 is 6.09 Å². The van der Waals surface area contributed by atoms with Crippen LogP contribution in [0, 0.1) is 5.92 Å². The summed E-state index contributed by atoms with van der Waals surface area (Å²) in [5.74, 6) is 0.604. The van der Waals surface area contributed by atoms with E-state index < -0.39 is 0 Å². The molecule has 2 atom stereocenters. The summed E-state index contributed by atoms with van der Waals surface area (Å²) in [5, 5.41) is 0. The first kappa shape index (κ1) is 12.7. The average molecular weight is 240 g/mol. The Kier molecular flexibility index (Phi) is 4.26. The van der Waals surface area contributed by atoms with Crippen molar-refractivity contribution < 1.29 is 9.53 Å². The Balaban J connectivity index is 1.87. The molecule has 4 nitrogen and oxygen atoms in total. The Morgan fingerprint density at radius 1 is 1.35 bits per heavy atom. The lowest BCUT2D eigenvalue weighted by atomic mass is 9.91. The van der Waals surface area contributed by atoms with E-state index in [0.29, 0.717) is 24.6 Å². The van der Waals surface area contributed by atoms with E-state index >= 15 is 0 Å². The van der Waals surface area contributed by atoms with Crippen LogP contribution < -0.4 is 5.73 Å². The van der Waals surface area contributed by atoms with Gasteiger partial charge in [0, 0.05) is 12.1 Å². The summed E-state index contributed by atoms with van der Waals surface area (Å²) in [6, 6.07) is 0.771. The molecule has 0 aromatic rings. The summed E-state index contributed by atoms with van der Waals surface area (Å²) in [7, 11) is 0. The highest BCUT2D eigenvalue weighted by molar-refractivity contribution is 5.69. The molecular formula is C13H24N2O2. The van der Waals surface area contributed by atoms with Crippen LogP contribution in [-0.2, 0) is 4.74 Å². The third-order valence-corrected chi connectivity index (χ3v) is 4.10. The number of ether oxygens (including phenoxy) is 1. The molecule has 1 amide bonds. The van der Waals surface area contributed by atoms with Crippen LogP contribution in [0.5, 0.6) is 0 Å². The smallest absolute Gasteiger partial charge is 0.410 e. The molecule has 2 rings (SSSR count). The maximum absolute atomic E-state index is 12.0. The number of carbonyl (C=O) groups excluding carboxylic acids is 1. The van der Waals surface area contributed by atoms with Crippen molar-refractivity contribution in [1.29, 1.82) is 0 Å². The van der Waals surface area contributed by atoms with E-state index in [1.807, 2.05) is 4.90 Å². The number of nitrogens with two attached hydrogens (primary N) is 1. The Bertz CT molecular complexity index is 256. The molecule has 0 saturated carbocycles. The number of rotatable bonds is 4. The topological polar surface area (TPSA) is 55.6 Å². The lowest BCUT2D eigenvalue weighted by molar-refractivity contribution is 0.0578. The van der Waals surface area contributed by atoms with E-state index in [4.69, 9.17) is 10.5 Å². The second-order valence-electron chi connectivity index (χ2n) is 5.33. The zero-order valence-electron chi connectivity index (χ0n) is 10.7. The van der Waals surface area contributed by atoms with Crippen LogP contribution in [0.2, 0.25) is 0 Å². The molecule has 2 bridgehead atoms. The minimum atomic E-state index is -0.0959. The largest absolute Gasteiger partial charge is 0.449 e. The molecule has 0 aromatic heterocycles. The van der Waals surface area contributed by atoms with Gasteiger partial charge in [0.15, 0.2) is 0 Å². The molecule has 0 aliphatic carbocycles. The first-order valence-corrected chi connectivity index (χ1v) is 6.91. The van der Waals surface area contributed by atoms with Crippen LogP contribution in [0.25, 0.3) is 0 Å². The average Bonchev–Trinajstić information content (AvgIpc) is 2.60. The maximum Gasteiger partial charge on any atom is 0.410 e. The molecule has 17 heavy (non-hydrogen) atoms. The van der Waals surface area contributed by atoms with Gasteiger partial charge in [0.1, 0.15) is 0 Å². The van der Waals surface area contributed by atoms with Crippen LogP contribution in [-0.4, -0.2) is 36.2 Å². The zero-order valence-corrected chi connectivity index (χ0v) is 10.7. The summed E-state index contributed by atoms with van der Waals surface area (Å²) in [6.45, 7) is 3.42. The van der Waals surface area contributed by atoms with Gasteiger partial charge in [-0.25, -0.2) is 4.79 Å². The molecule has 2 heterocycles. The second kappa shape index (κ2) is 5.71. The molecule has 0 radical (unpaired) electrons. The second-order valence-corrected chi connectivity index (χ2v) is 5.33. The maximum atomic E-state index is 12.0. The van der Waals surface area contributed by atoms with Gasteiger partial charge in [-0.3, -0.25) is 0 Å². The van der Waals surface area contributed by atoms with E-state index in [-0.39, 0.29) is 6.09 Å². The molecule has 2 fully saturated rings. The number of carbonyl (C=O) groups is 1. The normalized spacial score (nSPS) is 31.6. The molecule has 0 aromatic carbocycles. The van der Waals surface area contributed by atoms with E-state index in [1.165, 1.54) is 0 Å². The summed E-state index contributed by atoms with van der Waals surface area (Å²) in [6.07, 6.45) is 6.32. The number of piperidine rings is 1. The first-order chi connectivity index (χ1) is 8.26. The highest BCUT2D eigenvalue weighted by Crippen LogP contribution is 2.38. The van der Waals surface area contributed by atoms with Gasteiger partial charge < -0.3 is 15.4 Å². The summed E-state index contributed by atoms with van der Waals surface area (Å²) in [5.41, 5.74) is 5.74. The van der Waals surface area contributed by atoms with Crippen LogP contribution in [0.4, 0.5) is 4.79 Å². The lowest BCUT2D eigenvalue weighted by Gasteiger charge is -2.37. The van der Waals surface area contributed by atoms with Crippen molar-refractivity contribution in [3.63, 3.8) is 0 Å².